The number of sulfone groups is 1. The van der Waals surface area contributed by atoms with Gasteiger partial charge in [0.2, 0.25) is 14.8 Å². The number of amides is 1. The molecule has 0 radical (unpaired) electrons. The molecule has 0 aromatic heterocycles. The van der Waals surface area contributed by atoms with Gasteiger partial charge in [-0.1, -0.05) is 0 Å². The van der Waals surface area contributed by atoms with E-state index in [0.29, 0.717) is 5.56 Å². The van der Waals surface area contributed by atoms with Gasteiger partial charge in [-0.2, -0.15) is 4.99 Å². The number of fused-ring (bicyclic) bond motifs is 1. The minimum Gasteiger partial charge on any atom is -0.470 e. The van der Waals surface area contributed by atoms with Gasteiger partial charge in [0, 0.05) is 5.56 Å². The zero-order chi connectivity index (χ0) is 15.3. The highest BCUT2D eigenvalue weighted by atomic mass is 32.2. The lowest BCUT2D eigenvalue weighted by Gasteiger charge is -2.15. The molecule has 7 nitrogen and oxygen atoms in total. The summed E-state index contributed by atoms with van der Waals surface area (Å²) in [5.74, 6) is -0.840. The van der Waals surface area contributed by atoms with Crippen molar-refractivity contribution in [1.29, 1.82) is 0 Å². The summed E-state index contributed by atoms with van der Waals surface area (Å²) < 4.78 is 30.0. The largest absolute Gasteiger partial charge is 0.470 e. The maximum atomic E-state index is 12.3. The molecule has 1 aliphatic rings. The Bertz CT molecular complexity index is 731. The summed E-state index contributed by atoms with van der Waals surface area (Å²) >= 11 is 0. The number of benzene rings is 1. The highest BCUT2D eigenvalue weighted by molar-refractivity contribution is 7.93. The quantitative estimate of drug-likeness (QED) is 0.567. The third kappa shape index (κ3) is 2.01. The summed E-state index contributed by atoms with van der Waals surface area (Å²) in [6.07, 6.45) is 0. The van der Waals surface area contributed by atoms with E-state index in [-0.39, 0.29) is 22.2 Å². The van der Waals surface area contributed by atoms with E-state index in [1.807, 2.05) is 0 Å². The van der Waals surface area contributed by atoms with Crippen LogP contribution in [0, 0.1) is 6.92 Å². The average molecular weight is 297 g/mol. The van der Waals surface area contributed by atoms with Gasteiger partial charge in [0.15, 0.2) is 5.96 Å². The van der Waals surface area contributed by atoms with Crippen molar-refractivity contribution in [1.82, 2.24) is 0 Å². The Kier molecular flexibility index (Phi) is 3.01. The molecule has 2 rings (SSSR count). The van der Waals surface area contributed by atoms with Gasteiger partial charge in [-0.05, 0) is 38.5 Å². The molecule has 0 bridgehead atoms. The molecule has 1 aliphatic heterocycles. The molecule has 0 spiro atoms. The van der Waals surface area contributed by atoms with E-state index in [0.717, 1.165) is 0 Å². The molecule has 0 unspecified atom stereocenters. The van der Waals surface area contributed by atoms with E-state index >= 15 is 0 Å². The number of hydrogen-bond donors (Lipinski definition) is 2. The SMILES string of the molecule is Cc1cc2c(cc1C(=O)N=C(N)N)S(=O)(=O)C(C)(C)O2. The van der Waals surface area contributed by atoms with Gasteiger partial charge < -0.3 is 16.2 Å². The number of nitrogens with zero attached hydrogens (tertiary/aromatic N) is 1. The van der Waals surface area contributed by atoms with Gasteiger partial charge >= 0.3 is 0 Å². The summed E-state index contributed by atoms with van der Waals surface area (Å²) in [5, 5.41) is 0. The molecule has 0 aliphatic carbocycles. The van der Waals surface area contributed by atoms with Gasteiger partial charge in [0.25, 0.3) is 5.91 Å². The monoisotopic (exact) mass is 297 g/mol. The summed E-state index contributed by atoms with van der Waals surface area (Å²) in [7, 11) is -3.67. The molecule has 0 fully saturated rings. The number of nitrogens with two attached hydrogens (primary N) is 2. The summed E-state index contributed by atoms with van der Waals surface area (Å²) in [6.45, 7) is 4.56. The van der Waals surface area contributed by atoms with Crippen LogP contribution in [0.5, 0.6) is 5.75 Å². The maximum Gasteiger partial charge on any atom is 0.280 e. The standard InChI is InChI=1S/C12H15N3O4S/c1-6-4-8-9(20(17,18)12(2,3)19-8)5-7(6)10(16)15-11(13)14/h4-5H,1-3H3,(H4,13,14,15,16). The second-order valence-electron chi connectivity index (χ2n) is 4.96. The fraction of sp³-hybridized carbons (Fsp3) is 0.333. The molecule has 8 heteroatoms. The van der Waals surface area contributed by atoms with E-state index in [4.69, 9.17) is 16.2 Å². The number of rotatable bonds is 1. The second-order valence-corrected chi connectivity index (χ2v) is 7.39. The fourth-order valence-electron chi connectivity index (χ4n) is 1.94. The number of carbonyl (C=O) groups excluding carboxylic acids is 1. The molecule has 20 heavy (non-hydrogen) atoms. The first-order valence-electron chi connectivity index (χ1n) is 5.78. The molecule has 1 aromatic carbocycles. The van der Waals surface area contributed by atoms with E-state index < -0.39 is 20.7 Å². The Morgan fingerprint density at radius 2 is 1.90 bits per heavy atom. The number of guanidine groups is 1. The average Bonchev–Trinajstić information content (AvgIpc) is 2.42. The number of hydrogen-bond acceptors (Lipinski definition) is 4. The van der Waals surface area contributed by atoms with Crippen molar-refractivity contribution in [2.24, 2.45) is 16.5 Å². The van der Waals surface area contributed by atoms with Crippen LogP contribution in [0.2, 0.25) is 0 Å². The van der Waals surface area contributed by atoms with E-state index in [9.17, 15) is 13.2 Å². The van der Waals surface area contributed by atoms with Crippen LogP contribution in [0.3, 0.4) is 0 Å². The van der Waals surface area contributed by atoms with Gasteiger partial charge in [0.1, 0.15) is 10.6 Å². The Hall–Kier alpha value is -2.09. The molecule has 4 N–H and O–H groups in total. The Morgan fingerprint density at radius 1 is 1.30 bits per heavy atom. The lowest BCUT2D eigenvalue weighted by atomic mass is 10.1. The second kappa shape index (κ2) is 4.20. The molecule has 108 valence electrons. The van der Waals surface area contributed by atoms with Crippen LogP contribution in [-0.4, -0.2) is 25.2 Å². The van der Waals surface area contributed by atoms with Crippen LogP contribution < -0.4 is 16.2 Å². The summed E-state index contributed by atoms with van der Waals surface area (Å²) in [5.41, 5.74) is 11.0. The lowest BCUT2D eigenvalue weighted by Crippen LogP contribution is -2.32. The Balaban J connectivity index is 2.65. The van der Waals surface area contributed by atoms with Gasteiger partial charge in [-0.3, -0.25) is 4.79 Å². The minimum absolute atomic E-state index is 0.0257. The predicted molar refractivity (Wildman–Crippen MR) is 73.2 cm³/mol. The van der Waals surface area contributed by atoms with Crippen LogP contribution in [0.15, 0.2) is 22.0 Å². The third-order valence-corrected chi connectivity index (χ3v) is 5.32. The predicted octanol–water partition coefficient (Wildman–Crippen LogP) is 0.311. The first-order chi connectivity index (χ1) is 9.06. The van der Waals surface area contributed by atoms with Crippen molar-refractivity contribution >= 4 is 21.7 Å². The molecule has 1 amide bonds. The van der Waals surface area contributed by atoms with Crippen molar-refractivity contribution < 1.29 is 17.9 Å². The van der Waals surface area contributed by atoms with E-state index in [2.05, 4.69) is 4.99 Å². The summed E-state index contributed by atoms with van der Waals surface area (Å²) in [4.78, 5) is 13.9. The van der Waals surface area contributed by atoms with Crippen molar-refractivity contribution in [3.05, 3.63) is 23.3 Å². The highest BCUT2D eigenvalue weighted by Crippen LogP contribution is 2.42. The Labute approximate surface area is 116 Å². The van der Waals surface area contributed by atoms with E-state index in [1.165, 1.54) is 26.0 Å². The zero-order valence-electron chi connectivity index (χ0n) is 11.3. The van der Waals surface area contributed by atoms with Crippen LogP contribution in [-0.2, 0) is 9.84 Å². The number of ether oxygens (including phenoxy) is 1. The fourth-order valence-corrected chi connectivity index (χ4v) is 3.31. The molecule has 1 heterocycles. The van der Waals surface area contributed by atoms with Crippen molar-refractivity contribution in [2.75, 3.05) is 0 Å². The van der Waals surface area contributed by atoms with Crippen molar-refractivity contribution in [3.8, 4) is 5.75 Å². The molecule has 1 aromatic rings. The number of aryl methyl sites for hydroxylation is 1. The lowest BCUT2D eigenvalue weighted by molar-refractivity contribution is 0.100. The first-order valence-corrected chi connectivity index (χ1v) is 7.27. The zero-order valence-corrected chi connectivity index (χ0v) is 12.1. The topological polar surface area (TPSA) is 125 Å². The highest BCUT2D eigenvalue weighted by Gasteiger charge is 2.46. The first kappa shape index (κ1) is 14.3. The third-order valence-electron chi connectivity index (χ3n) is 3.04. The van der Waals surface area contributed by atoms with Crippen molar-refractivity contribution in [3.63, 3.8) is 0 Å². The van der Waals surface area contributed by atoms with Crippen molar-refractivity contribution in [2.45, 2.75) is 30.6 Å². The minimum atomic E-state index is -3.67. The van der Waals surface area contributed by atoms with Crippen LogP contribution in [0.25, 0.3) is 0 Å². The Morgan fingerprint density at radius 3 is 2.45 bits per heavy atom. The molecular formula is C12H15N3O4S. The smallest absolute Gasteiger partial charge is 0.280 e. The van der Waals surface area contributed by atoms with Gasteiger partial charge in [-0.15, -0.1) is 0 Å². The number of carbonyl (C=O) groups is 1. The van der Waals surface area contributed by atoms with Crippen LogP contribution >= 0.6 is 0 Å². The molecular weight excluding hydrogens is 282 g/mol. The summed E-state index contributed by atoms with van der Waals surface area (Å²) in [6, 6.07) is 2.75. The van der Waals surface area contributed by atoms with Gasteiger partial charge in [-0.25, -0.2) is 8.42 Å². The van der Waals surface area contributed by atoms with E-state index in [1.54, 1.807) is 6.92 Å². The molecule has 0 atom stereocenters. The van der Waals surface area contributed by atoms with Crippen LogP contribution in [0.1, 0.15) is 29.8 Å². The van der Waals surface area contributed by atoms with Gasteiger partial charge in [0.05, 0.1) is 0 Å². The normalized spacial score (nSPS) is 17.9. The van der Waals surface area contributed by atoms with Crippen LogP contribution in [0.4, 0.5) is 0 Å². The maximum absolute atomic E-state index is 12.3. The molecule has 0 saturated carbocycles. The number of aliphatic imine (C=N–C) groups is 1. The molecule has 0 saturated heterocycles.